The van der Waals surface area contributed by atoms with Gasteiger partial charge in [-0.25, -0.2) is 5.01 Å². The zero-order chi connectivity index (χ0) is 24.8. The Labute approximate surface area is 200 Å². The molecule has 1 heterocycles. The van der Waals surface area contributed by atoms with Crippen LogP contribution in [-0.4, -0.2) is 40.4 Å². The Kier molecular flexibility index (Phi) is 7.71. The zero-order valence-corrected chi connectivity index (χ0v) is 19.4. The summed E-state index contributed by atoms with van der Waals surface area (Å²) in [5.74, 6) is -0.0991. The van der Waals surface area contributed by atoms with Crippen molar-refractivity contribution < 1.29 is 9.53 Å². The van der Waals surface area contributed by atoms with E-state index in [2.05, 4.69) is 15.7 Å². The molecule has 0 aliphatic carbocycles. The second-order valence-corrected chi connectivity index (χ2v) is 7.88. The molecule has 0 aliphatic heterocycles. The van der Waals surface area contributed by atoms with Gasteiger partial charge in [0.2, 0.25) is 5.91 Å². The molecule has 0 fully saturated rings. The molecule has 3 rings (SSSR count). The molecule has 0 saturated heterocycles. The number of nitrogens with one attached hydrogen (secondary N) is 3. The number of rotatable bonds is 9. The number of amides is 1. The van der Waals surface area contributed by atoms with Gasteiger partial charge in [-0.1, -0.05) is 41.9 Å². The molecule has 0 unspecified atom stereocenters. The molecule has 0 atom stereocenters. The van der Waals surface area contributed by atoms with E-state index in [1.165, 1.54) is 9.58 Å². The maximum Gasteiger partial charge on any atom is 0.307 e. The number of anilines is 2. The highest BCUT2D eigenvalue weighted by Crippen LogP contribution is 2.26. The van der Waals surface area contributed by atoms with Gasteiger partial charge < -0.3 is 26.9 Å². The van der Waals surface area contributed by atoms with Gasteiger partial charge in [0, 0.05) is 38.0 Å². The Bertz CT molecular complexity index is 1260. The van der Waals surface area contributed by atoms with Crippen LogP contribution in [0.4, 0.5) is 11.4 Å². The van der Waals surface area contributed by atoms with Crippen LogP contribution in [0.15, 0.2) is 53.3 Å². The summed E-state index contributed by atoms with van der Waals surface area (Å²) in [4.78, 5) is 29.3. The van der Waals surface area contributed by atoms with Crippen LogP contribution in [0.1, 0.15) is 11.1 Å². The Balaban J connectivity index is 1.85. The van der Waals surface area contributed by atoms with Crippen LogP contribution in [0.3, 0.4) is 0 Å². The van der Waals surface area contributed by atoms with Crippen molar-refractivity contribution in [3.63, 3.8) is 0 Å². The lowest BCUT2D eigenvalue weighted by Gasteiger charge is -2.19. The Hall–Kier alpha value is -4.09. The number of amidine groups is 1. The van der Waals surface area contributed by atoms with Crippen LogP contribution in [-0.2, 0) is 17.9 Å². The first kappa shape index (κ1) is 24.6. The number of hydrogen-bond donors (Lipinski definition) is 5. The largest absolute Gasteiger partial charge is 0.425 e. The minimum atomic E-state index is -0.653. The number of carbonyl (C=O) groups is 1. The van der Waals surface area contributed by atoms with Gasteiger partial charge in [-0.2, -0.15) is 4.98 Å². The first-order valence-electron chi connectivity index (χ1n) is 10.1. The highest BCUT2D eigenvalue weighted by atomic mass is 35.5. The van der Waals surface area contributed by atoms with E-state index in [1.54, 1.807) is 62.6 Å². The summed E-state index contributed by atoms with van der Waals surface area (Å²) in [6, 6.07) is 13.3. The van der Waals surface area contributed by atoms with Crippen molar-refractivity contribution >= 4 is 34.7 Å². The van der Waals surface area contributed by atoms with E-state index >= 15 is 0 Å². The monoisotopic (exact) mass is 484 g/mol. The molecule has 3 aromatic rings. The third kappa shape index (κ3) is 6.24. The van der Waals surface area contributed by atoms with Crippen molar-refractivity contribution in [2.75, 3.05) is 25.3 Å². The van der Waals surface area contributed by atoms with Gasteiger partial charge in [-0.05, 0) is 17.7 Å². The number of nitrogen functional groups attached to an aromatic ring is 2. The number of aromatic nitrogens is 2. The van der Waals surface area contributed by atoms with Crippen LogP contribution in [0.25, 0.3) is 0 Å². The normalized spacial score (nSPS) is 10.7. The quantitative estimate of drug-likeness (QED) is 0.101. The zero-order valence-electron chi connectivity index (χ0n) is 18.6. The predicted molar refractivity (Wildman–Crippen MR) is 131 cm³/mol. The highest BCUT2D eigenvalue weighted by Gasteiger charge is 2.20. The molecule has 0 aliphatic rings. The molecular weight excluding hydrogens is 460 g/mol. The van der Waals surface area contributed by atoms with Crippen molar-refractivity contribution in [3.05, 3.63) is 75.2 Å². The van der Waals surface area contributed by atoms with Gasteiger partial charge in [0.15, 0.2) is 5.69 Å². The number of hydrazine groups is 1. The molecule has 1 aromatic heterocycles. The number of hydrogen-bond acceptors (Lipinski definition) is 8. The Morgan fingerprint density at radius 2 is 1.94 bits per heavy atom. The van der Waals surface area contributed by atoms with Crippen molar-refractivity contribution in [2.45, 2.75) is 13.1 Å². The summed E-state index contributed by atoms with van der Waals surface area (Å²) in [6.07, 6.45) is 0. The summed E-state index contributed by atoms with van der Waals surface area (Å²) in [6.45, 7) is -0.0338. The van der Waals surface area contributed by atoms with Crippen LogP contribution >= 0.6 is 11.6 Å². The summed E-state index contributed by atoms with van der Waals surface area (Å²) in [5, 5.41) is 11.7. The number of nitrogens with zero attached hydrogens (tertiary/aromatic N) is 3. The average molecular weight is 485 g/mol. The van der Waals surface area contributed by atoms with Gasteiger partial charge in [-0.3, -0.25) is 19.6 Å². The van der Waals surface area contributed by atoms with Crippen LogP contribution < -0.4 is 32.5 Å². The maximum absolute atomic E-state index is 12.7. The van der Waals surface area contributed by atoms with Crippen molar-refractivity contribution in [1.82, 2.24) is 19.9 Å². The van der Waals surface area contributed by atoms with Gasteiger partial charge in [0.1, 0.15) is 23.3 Å². The maximum atomic E-state index is 12.7. The fraction of sp³-hybridized carbons (Fsp3) is 0.182. The molecule has 0 spiro atoms. The Morgan fingerprint density at radius 3 is 2.56 bits per heavy atom. The van der Waals surface area contributed by atoms with Gasteiger partial charge in [-0.15, -0.1) is 0 Å². The summed E-state index contributed by atoms with van der Waals surface area (Å²) in [5.41, 5.74) is 15.3. The first-order valence-corrected chi connectivity index (χ1v) is 10.5. The number of nitrogens with two attached hydrogens (primary N) is 2. The fourth-order valence-corrected chi connectivity index (χ4v) is 3.18. The molecular formula is C22H25ClN8O3. The van der Waals surface area contributed by atoms with E-state index in [4.69, 9.17) is 33.2 Å². The SMILES string of the molecule is CN(C)Nc1c(Cl)n(CC(=O)NCc2ccc(C(=N)N)cc2)c(Oc2cccc(N)c2)nc1=O. The van der Waals surface area contributed by atoms with E-state index in [1.807, 2.05) is 0 Å². The van der Waals surface area contributed by atoms with Crippen LogP contribution in [0, 0.1) is 5.41 Å². The first-order chi connectivity index (χ1) is 16.1. The fourth-order valence-electron chi connectivity index (χ4n) is 2.93. The standard InChI is InChI=1S/C22H25ClN8O3/c1-30(2)29-18-19(23)31(22(28-21(18)33)34-16-5-3-4-15(24)10-16)12-17(32)27-11-13-6-8-14(9-7-13)20(25)26/h3-10,29H,11-12,24H2,1-2H3,(H3,25,26)(H,27,32). The molecule has 178 valence electrons. The number of halogens is 1. The summed E-state index contributed by atoms with van der Waals surface area (Å²) in [7, 11) is 3.36. The molecule has 34 heavy (non-hydrogen) atoms. The molecule has 0 bridgehead atoms. The second kappa shape index (κ2) is 10.7. The minimum absolute atomic E-state index is 0.000728. The van der Waals surface area contributed by atoms with Gasteiger partial charge in [0.25, 0.3) is 0 Å². The molecule has 7 N–H and O–H groups in total. The molecule has 1 amide bonds. The minimum Gasteiger partial charge on any atom is -0.425 e. The Morgan fingerprint density at radius 1 is 1.24 bits per heavy atom. The number of ether oxygens (including phenoxy) is 1. The van der Waals surface area contributed by atoms with E-state index in [0.717, 1.165) is 5.56 Å². The van der Waals surface area contributed by atoms with Crippen LogP contribution in [0.2, 0.25) is 5.15 Å². The third-order valence-corrected chi connectivity index (χ3v) is 4.94. The van der Waals surface area contributed by atoms with Crippen molar-refractivity contribution in [3.8, 4) is 11.8 Å². The highest BCUT2D eigenvalue weighted by molar-refractivity contribution is 6.32. The van der Waals surface area contributed by atoms with Crippen molar-refractivity contribution in [1.29, 1.82) is 5.41 Å². The molecule has 0 saturated carbocycles. The lowest BCUT2D eigenvalue weighted by molar-refractivity contribution is -0.121. The van der Waals surface area contributed by atoms with E-state index in [0.29, 0.717) is 17.0 Å². The number of benzene rings is 2. The average Bonchev–Trinajstić information content (AvgIpc) is 2.78. The molecule has 11 nitrogen and oxygen atoms in total. The van der Waals surface area contributed by atoms with Gasteiger partial charge >= 0.3 is 11.6 Å². The lowest BCUT2D eigenvalue weighted by atomic mass is 10.1. The van der Waals surface area contributed by atoms with Crippen LogP contribution in [0.5, 0.6) is 11.8 Å². The van der Waals surface area contributed by atoms with E-state index in [9.17, 15) is 9.59 Å². The smallest absolute Gasteiger partial charge is 0.307 e. The lowest BCUT2D eigenvalue weighted by Crippen LogP contribution is -2.31. The predicted octanol–water partition coefficient (Wildman–Crippen LogP) is 1.76. The molecule has 12 heteroatoms. The van der Waals surface area contributed by atoms with E-state index < -0.39 is 11.5 Å². The molecule has 0 radical (unpaired) electrons. The summed E-state index contributed by atoms with van der Waals surface area (Å²) >= 11 is 6.49. The summed E-state index contributed by atoms with van der Waals surface area (Å²) < 4.78 is 7.03. The van der Waals surface area contributed by atoms with Gasteiger partial charge in [0.05, 0.1) is 0 Å². The van der Waals surface area contributed by atoms with E-state index in [-0.39, 0.29) is 35.8 Å². The van der Waals surface area contributed by atoms with Crippen molar-refractivity contribution in [2.24, 2.45) is 5.73 Å². The third-order valence-electron chi connectivity index (χ3n) is 4.54. The number of carbonyl (C=O) groups excluding carboxylic acids is 1. The second-order valence-electron chi connectivity index (χ2n) is 7.52. The molecule has 2 aromatic carbocycles. The topological polar surface area (TPSA) is 164 Å².